The minimum Gasteiger partial charge on any atom is -0.486 e. The molecule has 2 rings (SSSR count). The molecule has 0 aromatic heterocycles. The largest absolute Gasteiger partial charge is 0.486 e. The molecule has 0 fully saturated rings. The Balaban J connectivity index is 2.01. The van der Waals surface area contributed by atoms with Crippen LogP contribution in [0.3, 0.4) is 0 Å². The van der Waals surface area contributed by atoms with Gasteiger partial charge in [0, 0.05) is 12.5 Å². The first-order chi connectivity index (χ1) is 10.4. The molecule has 1 aromatic carbocycles. The Hall–Kier alpha value is -2.29. The molecule has 22 heavy (non-hydrogen) atoms. The smallest absolute Gasteiger partial charge is 0.322 e. The van der Waals surface area contributed by atoms with Gasteiger partial charge in [0.25, 0.3) is 0 Å². The monoisotopic (exact) mass is 329 g/mol. The summed E-state index contributed by atoms with van der Waals surface area (Å²) in [5.74, 6) is -1.42. The maximum Gasteiger partial charge on any atom is 0.322 e. The van der Waals surface area contributed by atoms with Crippen molar-refractivity contribution in [3.8, 4) is 11.5 Å². The van der Waals surface area contributed by atoms with Crippen molar-refractivity contribution in [2.75, 3.05) is 25.5 Å². The number of benzene rings is 1. The van der Waals surface area contributed by atoms with E-state index in [1.54, 1.807) is 0 Å². The van der Waals surface area contributed by atoms with Gasteiger partial charge in [-0.25, -0.2) is 8.42 Å². The lowest BCUT2D eigenvalue weighted by molar-refractivity contribution is -0.137. The van der Waals surface area contributed by atoms with Gasteiger partial charge in [-0.15, -0.1) is 0 Å². The highest BCUT2D eigenvalue weighted by Crippen LogP contribution is 2.32. The molecular weight excluding hydrogens is 314 g/mol. The predicted octanol–water partition coefficient (Wildman–Crippen LogP) is -0.178. The number of carbonyl (C=O) groups excluding carboxylic acids is 1. The molecule has 8 nitrogen and oxygen atoms in total. The first-order valence-corrected chi connectivity index (χ1v) is 8.14. The molecule has 9 heteroatoms. The third-order valence-corrected chi connectivity index (χ3v) is 4.62. The third kappa shape index (κ3) is 4.10. The van der Waals surface area contributed by atoms with E-state index in [1.165, 1.54) is 18.2 Å². The van der Waals surface area contributed by atoms with E-state index in [1.807, 2.05) is 0 Å². The number of sulfone groups is 1. The van der Waals surface area contributed by atoms with E-state index in [9.17, 15) is 18.0 Å². The van der Waals surface area contributed by atoms with Crippen molar-refractivity contribution in [1.82, 2.24) is 5.32 Å². The van der Waals surface area contributed by atoms with Gasteiger partial charge in [-0.2, -0.15) is 0 Å². The van der Waals surface area contributed by atoms with Crippen molar-refractivity contribution >= 4 is 21.7 Å². The zero-order valence-corrected chi connectivity index (χ0v) is 12.4. The van der Waals surface area contributed by atoms with Gasteiger partial charge in [-0.3, -0.25) is 9.59 Å². The molecule has 0 spiro atoms. The summed E-state index contributed by atoms with van der Waals surface area (Å²) in [4.78, 5) is 21.7. The highest BCUT2D eigenvalue weighted by molar-refractivity contribution is 7.91. The van der Waals surface area contributed by atoms with E-state index in [0.717, 1.165) is 0 Å². The number of hydrogen-bond donors (Lipinski definition) is 2. The highest BCUT2D eigenvalue weighted by Gasteiger charge is 2.20. The molecule has 0 atom stereocenters. The van der Waals surface area contributed by atoms with Crippen LogP contribution in [0.5, 0.6) is 11.5 Å². The van der Waals surface area contributed by atoms with Crippen LogP contribution < -0.4 is 14.8 Å². The zero-order valence-electron chi connectivity index (χ0n) is 11.6. The van der Waals surface area contributed by atoms with E-state index in [0.29, 0.717) is 24.7 Å². The van der Waals surface area contributed by atoms with E-state index in [2.05, 4.69) is 5.32 Å². The number of hydrogen-bond acceptors (Lipinski definition) is 6. The van der Waals surface area contributed by atoms with Gasteiger partial charge in [-0.05, 0) is 12.1 Å². The molecule has 0 bridgehead atoms. The molecule has 1 aromatic rings. The molecule has 2 N–H and O–H groups in total. The first kappa shape index (κ1) is 16.1. The van der Waals surface area contributed by atoms with Crippen molar-refractivity contribution in [2.45, 2.75) is 11.3 Å². The van der Waals surface area contributed by atoms with Gasteiger partial charge in [0.15, 0.2) is 21.3 Å². The van der Waals surface area contributed by atoms with Crippen LogP contribution in [0.1, 0.15) is 6.42 Å². The number of amides is 1. The second kappa shape index (κ2) is 6.65. The normalized spacial score (nSPS) is 13.5. The number of fused-ring (bicyclic) bond motifs is 1. The van der Waals surface area contributed by atoms with Gasteiger partial charge in [0.1, 0.15) is 19.8 Å². The molecule has 120 valence electrons. The lowest BCUT2D eigenvalue weighted by Crippen LogP contribution is -2.30. The van der Waals surface area contributed by atoms with Crippen LogP contribution in [0.25, 0.3) is 0 Å². The second-order valence-electron chi connectivity index (χ2n) is 4.54. The summed E-state index contributed by atoms with van der Waals surface area (Å²) in [6, 6.07) is 4.25. The second-order valence-corrected chi connectivity index (χ2v) is 6.65. The topological polar surface area (TPSA) is 119 Å². The van der Waals surface area contributed by atoms with E-state index < -0.39 is 34.0 Å². The predicted molar refractivity (Wildman–Crippen MR) is 74.7 cm³/mol. The van der Waals surface area contributed by atoms with Crippen molar-refractivity contribution in [2.24, 2.45) is 0 Å². The minimum absolute atomic E-state index is 0.0304. The summed E-state index contributed by atoms with van der Waals surface area (Å²) in [6.45, 7) is 0.208. The number of carbonyl (C=O) groups is 2. The molecule has 1 aliphatic rings. The minimum atomic E-state index is -3.67. The Morgan fingerprint density at radius 1 is 1.18 bits per heavy atom. The first-order valence-electron chi connectivity index (χ1n) is 6.49. The molecule has 1 amide bonds. The Morgan fingerprint density at radius 3 is 2.55 bits per heavy atom. The van der Waals surface area contributed by atoms with Gasteiger partial charge in [0.05, 0.1) is 10.6 Å². The lowest BCUT2D eigenvalue weighted by Gasteiger charge is -2.18. The zero-order chi connectivity index (χ0) is 16.2. The molecular formula is C13H15NO7S. The van der Waals surface area contributed by atoms with Crippen molar-refractivity contribution in [1.29, 1.82) is 0 Å². The number of aliphatic carboxylic acids is 1. The van der Waals surface area contributed by atoms with Crippen molar-refractivity contribution < 1.29 is 32.6 Å². The van der Waals surface area contributed by atoms with Crippen molar-refractivity contribution in [3.63, 3.8) is 0 Å². The average molecular weight is 329 g/mol. The van der Waals surface area contributed by atoms with Gasteiger partial charge in [-0.1, -0.05) is 0 Å². The molecule has 0 aliphatic carbocycles. The van der Waals surface area contributed by atoms with Gasteiger partial charge < -0.3 is 19.9 Å². The quantitative estimate of drug-likeness (QED) is 0.743. The highest BCUT2D eigenvalue weighted by atomic mass is 32.2. The summed E-state index contributed by atoms with van der Waals surface area (Å²) in [6.07, 6.45) is -0.315. The molecule has 0 saturated carbocycles. The Labute approximate surface area is 126 Å². The Bertz CT molecular complexity index is 684. The SMILES string of the molecule is O=C(O)CNC(=O)CCS(=O)(=O)c1ccc2c(c1)OCCO2. The maximum absolute atomic E-state index is 12.2. The molecule has 0 radical (unpaired) electrons. The van der Waals surface area contributed by atoms with Crippen LogP contribution in [0.4, 0.5) is 0 Å². The van der Waals surface area contributed by atoms with Gasteiger partial charge >= 0.3 is 5.97 Å². The fraction of sp³-hybridized carbons (Fsp3) is 0.385. The van der Waals surface area contributed by atoms with Crippen LogP contribution >= 0.6 is 0 Å². The molecule has 0 unspecified atom stereocenters. The summed E-state index contributed by atoms with van der Waals surface area (Å²) in [5.41, 5.74) is 0. The maximum atomic E-state index is 12.2. The van der Waals surface area contributed by atoms with Crippen LogP contribution in [0.2, 0.25) is 0 Å². The standard InChI is InChI=1S/C13H15NO7S/c15-12(14-8-13(16)17)3-6-22(18,19)9-1-2-10-11(7-9)21-5-4-20-10/h1-2,7H,3-6,8H2,(H,14,15)(H,16,17). The molecule has 1 heterocycles. The van der Waals surface area contributed by atoms with Crippen LogP contribution in [-0.4, -0.2) is 50.9 Å². The van der Waals surface area contributed by atoms with Crippen LogP contribution in [-0.2, 0) is 19.4 Å². The summed E-state index contributed by atoms with van der Waals surface area (Å²) in [5, 5.41) is 10.5. The van der Waals surface area contributed by atoms with E-state index >= 15 is 0 Å². The molecule has 1 aliphatic heterocycles. The summed E-state index contributed by atoms with van der Waals surface area (Å²) < 4.78 is 35.0. The van der Waals surface area contributed by atoms with Gasteiger partial charge in [0.2, 0.25) is 5.91 Å². The van der Waals surface area contributed by atoms with Crippen LogP contribution in [0, 0.1) is 0 Å². The fourth-order valence-corrected chi connectivity index (χ4v) is 3.08. The fourth-order valence-electron chi connectivity index (χ4n) is 1.82. The van der Waals surface area contributed by atoms with Crippen LogP contribution in [0.15, 0.2) is 23.1 Å². The number of carboxylic acids is 1. The summed E-state index contributed by atoms with van der Waals surface area (Å²) >= 11 is 0. The van der Waals surface area contributed by atoms with Crippen molar-refractivity contribution in [3.05, 3.63) is 18.2 Å². The summed E-state index contributed by atoms with van der Waals surface area (Å²) in [7, 11) is -3.67. The Kier molecular flexibility index (Phi) is 4.86. The number of ether oxygens (including phenoxy) is 2. The van der Waals surface area contributed by atoms with E-state index in [4.69, 9.17) is 14.6 Å². The number of nitrogens with one attached hydrogen (secondary N) is 1. The molecule has 0 saturated heterocycles. The number of carboxylic acid groups (broad SMARTS) is 1. The van der Waals surface area contributed by atoms with E-state index in [-0.39, 0.29) is 11.3 Å². The average Bonchev–Trinajstić information content (AvgIpc) is 2.50. The third-order valence-electron chi connectivity index (χ3n) is 2.91. The number of rotatable bonds is 6. The lowest BCUT2D eigenvalue weighted by atomic mass is 10.3. The Morgan fingerprint density at radius 2 is 1.86 bits per heavy atom.